The predicted octanol–water partition coefficient (Wildman–Crippen LogP) is 6.86. The van der Waals surface area contributed by atoms with Gasteiger partial charge in [-0.05, 0) is 69.5 Å². The fourth-order valence-corrected chi connectivity index (χ4v) is 7.21. The summed E-state index contributed by atoms with van der Waals surface area (Å²) < 4.78 is 32.7. The Kier molecular flexibility index (Phi) is 14.5. The number of methoxy groups -OCH3 is 2. The van der Waals surface area contributed by atoms with Gasteiger partial charge in [-0.2, -0.15) is 5.26 Å². The van der Waals surface area contributed by atoms with E-state index in [1.807, 2.05) is 48.5 Å². The van der Waals surface area contributed by atoms with Crippen LogP contribution in [0, 0.1) is 17.2 Å². The van der Waals surface area contributed by atoms with Gasteiger partial charge in [0, 0.05) is 24.9 Å². The monoisotopic (exact) mass is 637 g/mol. The van der Waals surface area contributed by atoms with Gasteiger partial charge in [-0.15, -0.1) is 0 Å². The van der Waals surface area contributed by atoms with Crippen molar-refractivity contribution in [3.63, 3.8) is 0 Å². The molecule has 4 atom stereocenters. The summed E-state index contributed by atoms with van der Waals surface area (Å²) in [5, 5.41) is 12.1. The molecule has 1 aliphatic rings. The molecule has 3 rings (SSSR count). The molecule has 0 spiro atoms. The molecule has 0 fully saturated rings. The largest absolute Gasteiger partial charge is 0.497 e. The number of carbonyl (C=O) groups excluding carboxylic acids is 1. The molecule has 0 saturated carbocycles. The van der Waals surface area contributed by atoms with E-state index >= 15 is 0 Å². The summed E-state index contributed by atoms with van der Waals surface area (Å²) in [7, 11) is 1.82. The number of allylic oxidation sites excluding steroid dienone is 2. The summed E-state index contributed by atoms with van der Waals surface area (Å²) in [5.74, 6) is 1.27. The van der Waals surface area contributed by atoms with Crippen LogP contribution in [0.3, 0.4) is 0 Å². The molecule has 0 radical (unpaired) electrons. The SMILES string of the molecule is COC1=CCC(C(OCC(COP(OCCC#N)N(C(C)C)C(C)C)NC(C)=O)(c2ccccc2)c2ccc(OC)cc2)C=C1. The van der Waals surface area contributed by atoms with Crippen molar-refractivity contribution in [2.45, 2.75) is 71.2 Å². The number of nitrogens with zero attached hydrogens (tertiary/aromatic N) is 2. The fraction of sp³-hybridized carbons (Fsp3) is 0.486. The van der Waals surface area contributed by atoms with Crippen molar-refractivity contribution in [3.8, 4) is 11.8 Å². The van der Waals surface area contributed by atoms with Gasteiger partial charge in [-0.1, -0.05) is 48.5 Å². The Balaban J connectivity index is 2.00. The minimum absolute atomic E-state index is 0.0881. The van der Waals surface area contributed by atoms with E-state index in [4.69, 9.17) is 28.5 Å². The van der Waals surface area contributed by atoms with E-state index in [0.717, 1.165) is 22.6 Å². The predicted molar refractivity (Wildman–Crippen MR) is 177 cm³/mol. The maximum Gasteiger partial charge on any atom is 0.259 e. The van der Waals surface area contributed by atoms with Crippen molar-refractivity contribution in [2.75, 3.05) is 34.0 Å². The molecule has 0 heterocycles. The minimum Gasteiger partial charge on any atom is -0.497 e. The third-order valence-corrected chi connectivity index (χ3v) is 9.59. The van der Waals surface area contributed by atoms with Crippen LogP contribution in [0.1, 0.15) is 58.6 Å². The lowest BCUT2D eigenvalue weighted by Crippen LogP contribution is -2.46. The Morgan fingerprint density at radius 1 is 1.00 bits per heavy atom. The summed E-state index contributed by atoms with van der Waals surface area (Å²) in [6.07, 6.45) is 7.12. The van der Waals surface area contributed by atoms with Gasteiger partial charge >= 0.3 is 0 Å². The zero-order valence-electron chi connectivity index (χ0n) is 27.6. The van der Waals surface area contributed by atoms with E-state index in [0.29, 0.717) is 6.42 Å². The maximum absolute atomic E-state index is 12.4. The van der Waals surface area contributed by atoms with Crippen LogP contribution in [0.4, 0.5) is 0 Å². The molecule has 4 unspecified atom stereocenters. The van der Waals surface area contributed by atoms with Crippen LogP contribution in [-0.2, 0) is 28.9 Å². The highest BCUT2D eigenvalue weighted by Crippen LogP contribution is 2.47. The lowest BCUT2D eigenvalue weighted by molar-refractivity contribution is -0.121. The highest BCUT2D eigenvalue weighted by Gasteiger charge is 2.43. The van der Waals surface area contributed by atoms with Gasteiger partial charge in [0.2, 0.25) is 5.91 Å². The van der Waals surface area contributed by atoms with Crippen molar-refractivity contribution >= 4 is 14.4 Å². The summed E-state index contributed by atoms with van der Waals surface area (Å²) >= 11 is 0. The third kappa shape index (κ3) is 9.87. The van der Waals surface area contributed by atoms with E-state index < -0.39 is 20.2 Å². The van der Waals surface area contributed by atoms with E-state index in [1.165, 1.54) is 6.92 Å². The van der Waals surface area contributed by atoms with Gasteiger partial charge in [-0.3, -0.25) is 4.79 Å². The third-order valence-electron chi connectivity index (χ3n) is 7.51. The number of nitriles is 1. The smallest absolute Gasteiger partial charge is 0.259 e. The highest BCUT2D eigenvalue weighted by atomic mass is 31.2. The van der Waals surface area contributed by atoms with Gasteiger partial charge in [0.25, 0.3) is 8.53 Å². The number of amides is 1. The molecule has 0 aromatic heterocycles. The Morgan fingerprint density at radius 2 is 1.67 bits per heavy atom. The first-order valence-corrected chi connectivity index (χ1v) is 16.5. The van der Waals surface area contributed by atoms with Crippen LogP contribution < -0.4 is 10.1 Å². The Morgan fingerprint density at radius 3 is 2.20 bits per heavy atom. The van der Waals surface area contributed by atoms with Crippen molar-refractivity contribution in [1.29, 1.82) is 5.26 Å². The number of hydrogen-bond donors (Lipinski definition) is 1. The quantitative estimate of drug-likeness (QED) is 0.140. The molecule has 9 nitrogen and oxygen atoms in total. The maximum atomic E-state index is 12.4. The molecular weight excluding hydrogens is 589 g/mol. The van der Waals surface area contributed by atoms with E-state index in [-0.39, 0.29) is 50.2 Å². The molecule has 0 saturated heterocycles. The second-order valence-corrected chi connectivity index (χ2v) is 12.8. The Bertz CT molecular complexity index is 1290. The summed E-state index contributed by atoms with van der Waals surface area (Å²) in [6.45, 7) is 10.4. The first kappa shape index (κ1) is 36.2. The van der Waals surface area contributed by atoms with E-state index in [2.05, 4.69) is 68.0 Å². The van der Waals surface area contributed by atoms with E-state index in [9.17, 15) is 4.79 Å². The zero-order chi connectivity index (χ0) is 32.8. The molecule has 0 aliphatic heterocycles. The van der Waals surface area contributed by atoms with Crippen molar-refractivity contribution < 1.29 is 28.1 Å². The Hall–Kier alpha value is -3.25. The average Bonchev–Trinajstić information content (AvgIpc) is 3.04. The molecule has 2 aromatic rings. The fourth-order valence-electron chi connectivity index (χ4n) is 5.56. The van der Waals surface area contributed by atoms with Crippen LogP contribution in [0.5, 0.6) is 5.75 Å². The van der Waals surface area contributed by atoms with Gasteiger partial charge in [0.05, 0.1) is 52.6 Å². The molecule has 244 valence electrons. The number of nitrogens with one attached hydrogen (secondary N) is 1. The van der Waals surface area contributed by atoms with Gasteiger partial charge in [-0.25, -0.2) is 4.67 Å². The topological polar surface area (TPSA) is 102 Å². The van der Waals surface area contributed by atoms with Gasteiger partial charge < -0.3 is 28.6 Å². The molecular formula is C35H48N3O6P. The lowest BCUT2D eigenvalue weighted by atomic mass is 9.73. The van der Waals surface area contributed by atoms with Gasteiger partial charge in [0.15, 0.2) is 0 Å². The standard InChI is InChI=1S/C35H48N3O6P/c1-26(2)38(27(3)4)45(43-23-11-22-36)44-25-32(37-28(5)39)24-42-35(29-12-9-8-10-13-29,30-14-18-33(40-6)19-15-30)31-16-20-34(41-7)21-17-31/h8-10,12-16,18-21,26-27,31-32H,11,17,23-25H2,1-7H3,(H,37,39). The normalized spacial score (nSPS) is 17.4. The second-order valence-electron chi connectivity index (χ2n) is 11.4. The molecule has 2 aromatic carbocycles. The molecule has 1 N–H and O–H groups in total. The number of hydrogen-bond acceptors (Lipinski definition) is 8. The average molecular weight is 638 g/mol. The second kappa shape index (κ2) is 18.0. The molecule has 1 aliphatic carbocycles. The Labute approximate surface area is 270 Å². The van der Waals surface area contributed by atoms with Crippen LogP contribution >= 0.6 is 8.53 Å². The molecule has 1 amide bonds. The van der Waals surface area contributed by atoms with Crippen LogP contribution in [0.25, 0.3) is 0 Å². The van der Waals surface area contributed by atoms with Crippen LogP contribution in [0.15, 0.2) is 78.6 Å². The zero-order valence-corrected chi connectivity index (χ0v) is 28.5. The van der Waals surface area contributed by atoms with Crippen molar-refractivity contribution in [3.05, 3.63) is 89.7 Å². The molecule has 0 bridgehead atoms. The van der Waals surface area contributed by atoms with Crippen LogP contribution in [-0.4, -0.2) is 62.7 Å². The van der Waals surface area contributed by atoms with Crippen molar-refractivity contribution in [2.24, 2.45) is 5.92 Å². The summed E-state index contributed by atoms with van der Waals surface area (Å²) in [4.78, 5) is 12.4. The van der Waals surface area contributed by atoms with Crippen LogP contribution in [0.2, 0.25) is 0 Å². The summed E-state index contributed by atoms with van der Waals surface area (Å²) in [5.41, 5.74) is 1.02. The summed E-state index contributed by atoms with van der Waals surface area (Å²) in [6, 6.07) is 20.0. The number of benzene rings is 2. The molecule has 45 heavy (non-hydrogen) atoms. The van der Waals surface area contributed by atoms with E-state index in [1.54, 1.807) is 14.2 Å². The number of carbonyl (C=O) groups is 1. The first-order valence-electron chi connectivity index (χ1n) is 15.4. The highest BCUT2D eigenvalue weighted by molar-refractivity contribution is 7.44. The first-order chi connectivity index (χ1) is 21.7. The number of rotatable bonds is 18. The van der Waals surface area contributed by atoms with Crippen molar-refractivity contribution in [1.82, 2.24) is 9.99 Å². The molecule has 10 heteroatoms. The van der Waals surface area contributed by atoms with Gasteiger partial charge in [0.1, 0.15) is 17.1 Å². The lowest BCUT2D eigenvalue weighted by Gasteiger charge is -2.42. The minimum atomic E-state index is -1.49. The number of ether oxygens (including phenoxy) is 3.